The summed E-state index contributed by atoms with van der Waals surface area (Å²) in [5.41, 5.74) is -0.813. The van der Waals surface area contributed by atoms with Crippen LogP contribution in [0.1, 0.15) is 13.8 Å². The first-order valence-corrected chi connectivity index (χ1v) is 5.12. The van der Waals surface area contributed by atoms with E-state index in [0.717, 1.165) is 0 Å². The lowest BCUT2D eigenvalue weighted by atomic mass is 10.0. The van der Waals surface area contributed by atoms with E-state index in [1.807, 2.05) is 0 Å². The number of esters is 1. The van der Waals surface area contributed by atoms with E-state index in [-0.39, 0.29) is 24.9 Å². The molecule has 0 unspecified atom stereocenters. The van der Waals surface area contributed by atoms with Crippen LogP contribution in [-0.4, -0.2) is 55.9 Å². The molecule has 1 heterocycles. The van der Waals surface area contributed by atoms with E-state index in [2.05, 4.69) is 5.32 Å². The van der Waals surface area contributed by atoms with Gasteiger partial charge in [0.15, 0.2) is 6.10 Å². The van der Waals surface area contributed by atoms with E-state index in [1.54, 1.807) is 32.8 Å². The maximum atomic E-state index is 11.5. The number of hydrogen-bond donors (Lipinski definition) is 1. The molecule has 0 bridgehead atoms. The van der Waals surface area contributed by atoms with Crippen LogP contribution >= 0.6 is 12.4 Å². The van der Waals surface area contributed by atoms with Gasteiger partial charge >= 0.3 is 12.1 Å². The van der Waals surface area contributed by atoms with Crippen molar-refractivity contribution in [1.82, 2.24) is 10.2 Å². The van der Waals surface area contributed by atoms with Crippen LogP contribution in [0.5, 0.6) is 0 Å². The van der Waals surface area contributed by atoms with Crippen LogP contribution in [-0.2, 0) is 14.3 Å². The zero-order valence-electron chi connectivity index (χ0n) is 10.5. The molecular formula is C10H19ClN2O4. The Morgan fingerprint density at radius 1 is 1.59 bits per heavy atom. The van der Waals surface area contributed by atoms with Gasteiger partial charge in [-0.1, -0.05) is 0 Å². The predicted octanol–water partition coefficient (Wildman–Crippen LogP) is 0.400. The summed E-state index contributed by atoms with van der Waals surface area (Å²) in [7, 11) is 3.57. The second-order valence-corrected chi connectivity index (χ2v) is 4.59. The Morgan fingerprint density at radius 3 is 2.59 bits per heavy atom. The number of ether oxygens (including phenoxy) is 2. The van der Waals surface area contributed by atoms with Crippen LogP contribution in [0.15, 0.2) is 0 Å². The van der Waals surface area contributed by atoms with Crippen LogP contribution in [0.2, 0.25) is 0 Å². The van der Waals surface area contributed by atoms with Crippen LogP contribution in [0.3, 0.4) is 0 Å². The van der Waals surface area contributed by atoms with Gasteiger partial charge in [0.25, 0.3) is 0 Å². The Morgan fingerprint density at radius 2 is 2.18 bits per heavy atom. The summed E-state index contributed by atoms with van der Waals surface area (Å²) in [6, 6.07) is 0. The highest BCUT2D eigenvalue weighted by atomic mass is 35.5. The number of carbonyl (C=O) groups excluding carboxylic acids is 2. The minimum Gasteiger partial charge on any atom is -0.455 e. The lowest BCUT2D eigenvalue weighted by Gasteiger charge is -2.29. The summed E-state index contributed by atoms with van der Waals surface area (Å²) in [4.78, 5) is 24.1. The average molecular weight is 267 g/mol. The van der Waals surface area contributed by atoms with E-state index in [1.165, 1.54) is 0 Å². The molecule has 0 aromatic heterocycles. The van der Waals surface area contributed by atoms with Gasteiger partial charge in [-0.2, -0.15) is 0 Å². The van der Waals surface area contributed by atoms with E-state index >= 15 is 0 Å². The third-order valence-corrected chi connectivity index (χ3v) is 2.28. The third kappa shape index (κ3) is 4.79. The van der Waals surface area contributed by atoms with Crippen LogP contribution in [0.4, 0.5) is 4.79 Å². The molecule has 1 N–H and O–H groups in total. The molecule has 100 valence electrons. The first kappa shape index (κ1) is 16.0. The monoisotopic (exact) mass is 266 g/mol. The summed E-state index contributed by atoms with van der Waals surface area (Å²) in [5.74, 6) is -0.335. The van der Waals surface area contributed by atoms with Crippen molar-refractivity contribution in [2.75, 3.05) is 27.2 Å². The molecule has 0 aromatic carbocycles. The minimum absolute atomic E-state index is 0. The lowest BCUT2D eigenvalue weighted by molar-refractivity contribution is -0.165. The quantitative estimate of drug-likeness (QED) is 0.746. The van der Waals surface area contributed by atoms with Gasteiger partial charge in [-0.15, -0.1) is 12.4 Å². The van der Waals surface area contributed by atoms with E-state index in [4.69, 9.17) is 9.47 Å². The Hall–Kier alpha value is -1.01. The van der Waals surface area contributed by atoms with E-state index < -0.39 is 17.8 Å². The van der Waals surface area contributed by atoms with Crippen molar-refractivity contribution in [2.45, 2.75) is 25.6 Å². The van der Waals surface area contributed by atoms with Gasteiger partial charge in [0.2, 0.25) is 0 Å². The highest BCUT2D eigenvalue weighted by molar-refractivity contribution is 5.85. The molecule has 1 saturated heterocycles. The molecule has 17 heavy (non-hydrogen) atoms. The average Bonchev–Trinajstić information content (AvgIpc) is 2.49. The normalized spacial score (nSPS) is 19.4. The number of amides is 1. The summed E-state index contributed by atoms with van der Waals surface area (Å²) in [5, 5.41) is 2.53. The van der Waals surface area contributed by atoms with Crippen LogP contribution in [0.25, 0.3) is 0 Å². The van der Waals surface area contributed by atoms with Crippen molar-refractivity contribution in [1.29, 1.82) is 0 Å². The Kier molecular flexibility index (Phi) is 5.71. The number of nitrogens with one attached hydrogen (secondary N) is 1. The third-order valence-electron chi connectivity index (χ3n) is 2.28. The zero-order valence-corrected chi connectivity index (χ0v) is 11.3. The SMILES string of the molecule is CN(C)CC(=O)OC(C)(C)[C@@H]1CNC(=O)O1.Cl. The summed E-state index contributed by atoms with van der Waals surface area (Å²) >= 11 is 0. The molecule has 0 radical (unpaired) electrons. The lowest BCUT2D eigenvalue weighted by Crippen LogP contribution is -2.44. The largest absolute Gasteiger partial charge is 0.455 e. The molecule has 0 saturated carbocycles. The molecule has 0 spiro atoms. The van der Waals surface area contributed by atoms with E-state index in [9.17, 15) is 9.59 Å². The molecule has 1 rings (SSSR count). The Balaban J connectivity index is 0.00000256. The molecule has 7 heteroatoms. The maximum absolute atomic E-state index is 11.5. The smallest absolute Gasteiger partial charge is 0.407 e. The predicted molar refractivity (Wildman–Crippen MR) is 64.2 cm³/mol. The zero-order chi connectivity index (χ0) is 12.3. The van der Waals surface area contributed by atoms with Crippen molar-refractivity contribution in [3.63, 3.8) is 0 Å². The van der Waals surface area contributed by atoms with Gasteiger partial charge in [-0.25, -0.2) is 4.79 Å². The molecule has 1 atom stereocenters. The highest BCUT2D eigenvalue weighted by Gasteiger charge is 2.40. The number of alkyl carbamates (subject to hydrolysis) is 1. The van der Waals surface area contributed by atoms with E-state index in [0.29, 0.717) is 6.54 Å². The molecule has 1 fully saturated rings. The minimum atomic E-state index is -0.813. The van der Waals surface area contributed by atoms with Crippen LogP contribution in [0, 0.1) is 0 Å². The number of rotatable bonds is 4. The number of halogens is 1. The van der Waals surface area contributed by atoms with Gasteiger partial charge in [-0.05, 0) is 27.9 Å². The van der Waals surface area contributed by atoms with Crippen molar-refractivity contribution in [3.05, 3.63) is 0 Å². The first-order chi connectivity index (χ1) is 7.31. The van der Waals surface area contributed by atoms with Crippen molar-refractivity contribution >= 4 is 24.5 Å². The maximum Gasteiger partial charge on any atom is 0.407 e. The van der Waals surface area contributed by atoms with Crippen LogP contribution < -0.4 is 5.32 Å². The number of nitrogens with zero attached hydrogens (tertiary/aromatic N) is 1. The fraction of sp³-hybridized carbons (Fsp3) is 0.800. The van der Waals surface area contributed by atoms with Gasteiger partial charge in [-0.3, -0.25) is 9.69 Å². The number of hydrogen-bond acceptors (Lipinski definition) is 5. The second-order valence-electron chi connectivity index (χ2n) is 4.59. The van der Waals surface area contributed by atoms with Crippen molar-refractivity contribution < 1.29 is 19.1 Å². The number of cyclic esters (lactones) is 1. The Bertz CT molecular complexity index is 294. The number of likely N-dealkylation sites (N-methyl/N-ethyl adjacent to an activating group) is 1. The van der Waals surface area contributed by atoms with Crippen molar-refractivity contribution in [2.24, 2.45) is 0 Å². The fourth-order valence-electron chi connectivity index (χ4n) is 1.43. The van der Waals surface area contributed by atoms with Gasteiger partial charge in [0.1, 0.15) is 5.60 Å². The molecule has 1 aliphatic rings. The van der Waals surface area contributed by atoms with Gasteiger partial charge < -0.3 is 14.8 Å². The van der Waals surface area contributed by atoms with Crippen molar-refractivity contribution in [3.8, 4) is 0 Å². The topological polar surface area (TPSA) is 67.9 Å². The molecule has 1 aliphatic heterocycles. The summed E-state index contributed by atoms with van der Waals surface area (Å²) in [6.45, 7) is 4.02. The summed E-state index contributed by atoms with van der Waals surface area (Å²) < 4.78 is 10.3. The molecular weight excluding hydrogens is 248 g/mol. The highest BCUT2D eigenvalue weighted by Crippen LogP contribution is 2.20. The second kappa shape index (κ2) is 6.07. The van der Waals surface area contributed by atoms with Gasteiger partial charge in [0, 0.05) is 0 Å². The molecule has 0 aliphatic carbocycles. The number of carbonyl (C=O) groups is 2. The Labute approximate surface area is 107 Å². The molecule has 6 nitrogen and oxygen atoms in total. The molecule has 1 amide bonds. The standard InChI is InChI=1S/C10H18N2O4.ClH/c1-10(2,7-5-11-9(14)15-7)16-8(13)6-12(3)4;/h7H,5-6H2,1-4H3,(H,11,14);1H/t7-;/m0./s1. The first-order valence-electron chi connectivity index (χ1n) is 5.12. The fourth-order valence-corrected chi connectivity index (χ4v) is 1.43. The molecule has 0 aromatic rings. The summed E-state index contributed by atoms with van der Waals surface area (Å²) in [6.07, 6.45) is -0.909. The van der Waals surface area contributed by atoms with Gasteiger partial charge in [0.05, 0.1) is 13.1 Å².